The van der Waals surface area contributed by atoms with Crippen LogP contribution in [0.2, 0.25) is 0 Å². The first kappa shape index (κ1) is 33.4. The van der Waals surface area contributed by atoms with Crippen LogP contribution in [0.3, 0.4) is 0 Å². The Balaban J connectivity index is 1.39. The van der Waals surface area contributed by atoms with E-state index in [2.05, 4.69) is 36.0 Å². The van der Waals surface area contributed by atoms with Crippen LogP contribution in [-0.2, 0) is 17.8 Å². The summed E-state index contributed by atoms with van der Waals surface area (Å²) in [7, 11) is 0. The standard InChI is InChI=1S/C37H44N4O4S/c1-5-9-33-40-34-24(4)19-27(35(42)39-28(18-23(2)3)22-46-37(45)31-12-8-17-38-31)20-32(34)41(33)21-25-13-15-26(16-14-25)29-10-6-7-11-30(29)36(43)44/h6-7,10-11,13-16,19-20,23,28,31,38H,5,8-9,12,17-18,21-22H2,1-4H3,(H,39,42)(H,43,44)/t28-,31+/m1/s1. The maximum atomic E-state index is 13.7. The Morgan fingerprint density at radius 1 is 1.11 bits per heavy atom. The fraction of sp³-hybridized carbons (Fsp3) is 0.405. The summed E-state index contributed by atoms with van der Waals surface area (Å²) in [4.78, 5) is 43.2. The molecule has 0 radical (unpaired) electrons. The Hall–Kier alpha value is -3.95. The Bertz CT molecular complexity index is 1710. The summed E-state index contributed by atoms with van der Waals surface area (Å²) in [5.74, 6) is 0.790. The summed E-state index contributed by atoms with van der Waals surface area (Å²) >= 11 is 1.32. The number of hydrogen-bond acceptors (Lipinski definition) is 6. The van der Waals surface area contributed by atoms with Crippen molar-refractivity contribution in [2.24, 2.45) is 5.92 Å². The second kappa shape index (κ2) is 15.1. The van der Waals surface area contributed by atoms with Gasteiger partial charge in [-0.05, 0) is 85.5 Å². The Morgan fingerprint density at radius 3 is 2.54 bits per heavy atom. The first-order valence-corrected chi connectivity index (χ1v) is 17.2. The molecule has 0 aliphatic carbocycles. The quantitative estimate of drug-likeness (QED) is 0.146. The van der Waals surface area contributed by atoms with Gasteiger partial charge >= 0.3 is 5.97 Å². The van der Waals surface area contributed by atoms with Crippen molar-refractivity contribution >= 4 is 39.8 Å². The first-order valence-electron chi connectivity index (χ1n) is 16.3. The van der Waals surface area contributed by atoms with E-state index in [0.717, 1.165) is 72.2 Å². The lowest BCUT2D eigenvalue weighted by Gasteiger charge is -2.21. The summed E-state index contributed by atoms with van der Waals surface area (Å²) in [6.07, 6.45) is 4.43. The van der Waals surface area contributed by atoms with Crippen molar-refractivity contribution in [2.45, 2.75) is 78.4 Å². The van der Waals surface area contributed by atoms with Crippen LogP contribution in [0.5, 0.6) is 0 Å². The van der Waals surface area contributed by atoms with Gasteiger partial charge in [0, 0.05) is 30.3 Å². The molecule has 2 atom stereocenters. The highest BCUT2D eigenvalue weighted by molar-refractivity contribution is 8.13. The molecule has 1 aliphatic heterocycles. The summed E-state index contributed by atoms with van der Waals surface area (Å²) < 4.78 is 2.19. The van der Waals surface area contributed by atoms with Crippen LogP contribution < -0.4 is 10.6 Å². The fourth-order valence-corrected chi connectivity index (χ4v) is 7.22. The van der Waals surface area contributed by atoms with Crippen LogP contribution in [0.1, 0.15) is 84.1 Å². The zero-order valence-corrected chi connectivity index (χ0v) is 28.0. The Morgan fingerprint density at radius 2 is 1.87 bits per heavy atom. The van der Waals surface area contributed by atoms with Gasteiger partial charge in [-0.2, -0.15) is 0 Å². The number of nitrogens with zero attached hydrogens (tertiary/aromatic N) is 2. The van der Waals surface area contributed by atoms with Crippen molar-refractivity contribution in [3.8, 4) is 11.1 Å². The van der Waals surface area contributed by atoms with Crippen molar-refractivity contribution in [1.82, 2.24) is 20.2 Å². The largest absolute Gasteiger partial charge is 0.478 e. The molecule has 4 aromatic rings. The van der Waals surface area contributed by atoms with E-state index in [-0.39, 0.29) is 28.7 Å². The molecule has 0 saturated carbocycles. The molecule has 1 aromatic heterocycles. The zero-order chi connectivity index (χ0) is 32.8. The topological polar surface area (TPSA) is 113 Å². The van der Waals surface area contributed by atoms with Crippen molar-refractivity contribution in [3.63, 3.8) is 0 Å². The third-order valence-electron chi connectivity index (χ3n) is 8.49. The highest BCUT2D eigenvalue weighted by atomic mass is 32.2. The second-order valence-corrected chi connectivity index (χ2v) is 13.7. The molecule has 0 unspecified atom stereocenters. The first-order chi connectivity index (χ1) is 22.1. The molecule has 242 valence electrons. The average molecular weight is 641 g/mol. The molecule has 5 rings (SSSR count). The number of carbonyl (C=O) groups is 3. The molecule has 0 bridgehead atoms. The molecule has 1 amide bonds. The molecule has 3 N–H and O–H groups in total. The zero-order valence-electron chi connectivity index (χ0n) is 27.1. The number of aryl methyl sites for hydroxylation is 2. The lowest BCUT2D eigenvalue weighted by atomic mass is 9.98. The van der Waals surface area contributed by atoms with E-state index in [1.54, 1.807) is 12.1 Å². The van der Waals surface area contributed by atoms with E-state index < -0.39 is 5.97 Å². The van der Waals surface area contributed by atoms with Gasteiger partial charge < -0.3 is 20.3 Å². The van der Waals surface area contributed by atoms with Gasteiger partial charge in [-0.15, -0.1) is 0 Å². The minimum Gasteiger partial charge on any atom is -0.478 e. The van der Waals surface area contributed by atoms with Gasteiger partial charge in [0.2, 0.25) is 5.12 Å². The lowest BCUT2D eigenvalue weighted by molar-refractivity contribution is -0.112. The number of aromatic carboxylic acids is 1. The fourth-order valence-electron chi connectivity index (χ4n) is 6.23. The predicted octanol–water partition coefficient (Wildman–Crippen LogP) is 6.87. The molecule has 8 nitrogen and oxygen atoms in total. The number of aromatic nitrogens is 2. The molecule has 1 aliphatic rings. The summed E-state index contributed by atoms with van der Waals surface area (Å²) in [5, 5.41) is 16.3. The van der Waals surface area contributed by atoms with E-state index in [1.807, 2.05) is 55.5 Å². The van der Waals surface area contributed by atoms with Gasteiger partial charge in [0.15, 0.2) is 0 Å². The highest BCUT2D eigenvalue weighted by Gasteiger charge is 2.25. The molecule has 46 heavy (non-hydrogen) atoms. The molecule has 3 aromatic carbocycles. The van der Waals surface area contributed by atoms with Crippen LogP contribution in [0, 0.1) is 12.8 Å². The molecule has 1 fully saturated rings. The number of imidazole rings is 1. The van der Waals surface area contributed by atoms with Gasteiger partial charge in [0.25, 0.3) is 5.91 Å². The smallest absolute Gasteiger partial charge is 0.336 e. The maximum absolute atomic E-state index is 13.7. The second-order valence-electron chi connectivity index (χ2n) is 12.7. The van der Waals surface area contributed by atoms with E-state index in [4.69, 9.17) is 4.98 Å². The summed E-state index contributed by atoms with van der Waals surface area (Å²) in [6.45, 7) is 9.84. The average Bonchev–Trinajstić information content (AvgIpc) is 3.69. The molecule has 2 heterocycles. The minimum atomic E-state index is -0.951. The number of thioether (sulfide) groups is 1. The number of amides is 1. The van der Waals surface area contributed by atoms with Gasteiger partial charge in [-0.3, -0.25) is 9.59 Å². The van der Waals surface area contributed by atoms with Crippen LogP contribution >= 0.6 is 11.8 Å². The van der Waals surface area contributed by atoms with Gasteiger partial charge in [-0.1, -0.05) is 75.0 Å². The third-order valence-corrected chi connectivity index (χ3v) is 9.62. The van der Waals surface area contributed by atoms with E-state index >= 15 is 0 Å². The summed E-state index contributed by atoms with van der Waals surface area (Å²) in [6, 6.07) is 18.6. The van der Waals surface area contributed by atoms with Crippen molar-refractivity contribution in [3.05, 3.63) is 88.7 Å². The van der Waals surface area contributed by atoms with Crippen molar-refractivity contribution < 1.29 is 19.5 Å². The van der Waals surface area contributed by atoms with E-state index in [1.165, 1.54) is 11.8 Å². The number of nitrogens with one attached hydrogen (secondary N) is 2. The number of hydrogen-bond donors (Lipinski definition) is 3. The maximum Gasteiger partial charge on any atom is 0.336 e. The summed E-state index contributed by atoms with van der Waals surface area (Å²) in [5.41, 5.74) is 6.17. The van der Waals surface area contributed by atoms with Crippen LogP contribution in [-0.4, -0.2) is 56.0 Å². The number of carboxylic acids is 1. The monoisotopic (exact) mass is 640 g/mol. The predicted molar refractivity (Wildman–Crippen MR) is 186 cm³/mol. The van der Waals surface area contributed by atoms with Crippen LogP contribution in [0.4, 0.5) is 0 Å². The number of fused-ring (bicyclic) bond motifs is 1. The van der Waals surface area contributed by atoms with Crippen molar-refractivity contribution in [2.75, 3.05) is 12.3 Å². The SMILES string of the molecule is CCCc1nc2c(C)cc(C(=O)N[C@@H](CSC(=O)[C@@H]3CCCN3)CC(C)C)cc2n1Cc1ccc(-c2ccccc2C(=O)O)cc1. The molecular formula is C37H44N4O4S. The van der Waals surface area contributed by atoms with Gasteiger partial charge in [0.1, 0.15) is 5.82 Å². The lowest BCUT2D eigenvalue weighted by Crippen LogP contribution is -2.39. The third kappa shape index (κ3) is 7.88. The minimum absolute atomic E-state index is 0.0835. The number of benzene rings is 3. The normalized spacial score (nSPS) is 15.4. The van der Waals surface area contributed by atoms with Crippen molar-refractivity contribution in [1.29, 1.82) is 0 Å². The number of rotatable bonds is 13. The Labute approximate surface area is 275 Å². The highest BCUT2D eigenvalue weighted by Crippen LogP contribution is 2.27. The molecule has 1 saturated heterocycles. The van der Waals surface area contributed by atoms with E-state index in [0.29, 0.717) is 29.3 Å². The molecule has 0 spiro atoms. The Kier molecular flexibility index (Phi) is 11.0. The van der Waals surface area contributed by atoms with Gasteiger partial charge in [-0.25, -0.2) is 9.78 Å². The van der Waals surface area contributed by atoms with Gasteiger partial charge in [0.05, 0.1) is 22.6 Å². The number of carbonyl (C=O) groups excluding carboxylic acids is 2. The van der Waals surface area contributed by atoms with E-state index in [9.17, 15) is 19.5 Å². The number of carboxylic acid groups (broad SMARTS) is 1. The molecular weight excluding hydrogens is 596 g/mol. The molecule has 9 heteroatoms. The van der Waals surface area contributed by atoms with Crippen LogP contribution in [0.15, 0.2) is 60.7 Å². The van der Waals surface area contributed by atoms with Crippen LogP contribution in [0.25, 0.3) is 22.2 Å².